The second-order valence-electron chi connectivity index (χ2n) is 5.49. The Kier molecular flexibility index (Phi) is 4.00. The van der Waals surface area contributed by atoms with Crippen LogP contribution in [0, 0.1) is 17.3 Å². The van der Waals surface area contributed by atoms with E-state index < -0.39 is 0 Å². The number of hydrogen-bond donors (Lipinski definition) is 1. The predicted octanol–water partition coefficient (Wildman–Crippen LogP) is 3.61. The van der Waals surface area contributed by atoms with E-state index >= 15 is 0 Å². The molecule has 1 fully saturated rings. The monoisotopic (exact) mass is 198 g/mol. The van der Waals surface area contributed by atoms with Crippen LogP contribution in [0.15, 0.2) is 0 Å². The molecule has 1 nitrogen and oxygen atoms in total. The van der Waals surface area contributed by atoms with Gasteiger partial charge in [-0.25, -0.2) is 0 Å². The van der Waals surface area contributed by atoms with Crippen LogP contribution in [0.25, 0.3) is 0 Å². The number of aliphatic hydroxyl groups is 1. The van der Waals surface area contributed by atoms with E-state index in [9.17, 15) is 5.11 Å². The Morgan fingerprint density at radius 1 is 1.36 bits per heavy atom. The maximum absolute atomic E-state index is 9.96. The highest BCUT2D eigenvalue weighted by atomic mass is 16.3. The van der Waals surface area contributed by atoms with Gasteiger partial charge in [-0.05, 0) is 49.9 Å². The Morgan fingerprint density at radius 2 is 2.00 bits per heavy atom. The Morgan fingerprint density at radius 3 is 2.43 bits per heavy atom. The molecule has 1 saturated carbocycles. The van der Waals surface area contributed by atoms with Crippen LogP contribution in [0.1, 0.15) is 59.8 Å². The Hall–Kier alpha value is -0.0400. The summed E-state index contributed by atoms with van der Waals surface area (Å²) in [5.74, 6) is 1.63. The van der Waals surface area contributed by atoms with E-state index in [1.165, 1.54) is 32.1 Å². The van der Waals surface area contributed by atoms with Crippen molar-refractivity contribution in [3.8, 4) is 0 Å². The van der Waals surface area contributed by atoms with Gasteiger partial charge in [0, 0.05) is 0 Å². The first-order valence-electron chi connectivity index (χ1n) is 6.20. The third-order valence-corrected chi connectivity index (χ3v) is 4.43. The quantitative estimate of drug-likeness (QED) is 0.734. The molecule has 0 heterocycles. The summed E-state index contributed by atoms with van der Waals surface area (Å²) >= 11 is 0. The summed E-state index contributed by atoms with van der Waals surface area (Å²) in [6.45, 7) is 8.91. The molecule has 0 aromatic heterocycles. The molecular weight excluding hydrogens is 172 g/mol. The van der Waals surface area contributed by atoms with E-state index in [1.54, 1.807) is 0 Å². The fourth-order valence-corrected chi connectivity index (χ4v) is 3.06. The molecule has 84 valence electrons. The van der Waals surface area contributed by atoms with Gasteiger partial charge in [-0.1, -0.05) is 27.2 Å². The largest absolute Gasteiger partial charge is 0.393 e. The molecule has 1 aliphatic rings. The lowest BCUT2D eigenvalue weighted by Crippen LogP contribution is -2.39. The lowest BCUT2D eigenvalue weighted by Gasteiger charge is -2.45. The van der Waals surface area contributed by atoms with E-state index in [-0.39, 0.29) is 11.5 Å². The number of hydrogen-bond acceptors (Lipinski definition) is 1. The molecule has 14 heavy (non-hydrogen) atoms. The van der Waals surface area contributed by atoms with E-state index in [0.29, 0.717) is 0 Å². The summed E-state index contributed by atoms with van der Waals surface area (Å²) in [4.78, 5) is 0. The molecule has 0 aromatic carbocycles. The Labute approximate surface area is 88.9 Å². The molecular formula is C13H26O. The van der Waals surface area contributed by atoms with Crippen LogP contribution < -0.4 is 0 Å². The van der Waals surface area contributed by atoms with Gasteiger partial charge in [-0.3, -0.25) is 0 Å². The molecule has 0 saturated heterocycles. The van der Waals surface area contributed by atoms with Gasteiger partial charge in [0.15, 0.2) is 0 Å². The molecule has 0 aliphatic heterocycles. The van der Waals surface area contributed by atoms with Crippen molar-refractivity contribution in [3.63, 3.8) is 0 Å². The fraction of sp³-hybridized carbons (Fsp3) is 1.00. The van der Waals surface area contributed by atoms with Crippen molar-refractivity contribution in [2.45, 2.75) is 65.9 Å². The second kappa shape index (κ2) is 4.65. The lowest BCUT2D eigenvalue weighted by atomic mass is 9.62. The van der Waals surface area contributed by atoms with Gasteiger partial charge in [-0.2, -0.15) is 0 Å². The number of rotatable bonds is 3. The highest BCUT2D eigenvalue weighted by Gasteiger charge is 2.40. The number of aliphatic hydroxyl groups excluding tert-OH is 1. The minimum Gasteiger partial charge on any atom is -0.393 e. The van der Waals surface area contributed by atoms with Crippen molar-refractivity contribution in [1.82, 2.24) is 0 Å². The van der Waals surface area contributed by atoms with Gasteiger partial charge in [0.25, 0.3) is 0 Å². The van der Waals surface area contributed by atoms with E-state index in [4.69, 9.17) is 0 Å². The molecule has 0 amide bonds. The molecule has 4 unspecified atom stereocenters. The molecule has 1 aliphatic carbocycles. The second-order valence-corrected chi connectivity index (χ2v) is 5.49. The van der Waals surface area contributed by atoms with Crippen molar-refractivity contribution < 1.29 is 5.11 Å². The average molecular weight is 198 g/mol. The summed E-state index contributed by atoms with van der Waals surface area (Å²) in [5.41, 5.74) is 0.237. The van der Waals surface area contributed by atoms with Crippen LogP contribution in [0.4, 0.5) is 0 Å². The molecule has 0 spiro atoms. The van der Waals surface area contributed by atoms with Gasteiger partial charge in [0.1, 0.15) is 0 Å². The lowest BCUT2D eigenvalue weighted by molar-refractivity contribution is -0.0265. The molecule has 0 aromatic rings. The first kappa shape index (κ1) is 12.0. The van der Waals surface area contributed by atoms with Gasteiger partial charge < -0.3 is 5.11 Å². The summed E-state index contributed by atoms with van der Waals surface area (Å²) in [6.07, 6.45) is 6.01. The van der Waals surface area contributed by atoms with Crippen LogP contribution in [0.2, 0.25) is 0 Å². The van der Waals surface area contributed by atoms with E-state index in [2.05, 4.69) is 20.8 Å². The molecule has 0 radical (unpaired) electrons. The fourth-order valence-electron chi connectivity index (χ4n) is 3.06. The zero-order chi connectivity index (χ0) is 10.8. The third-order valence-electron chi connectivity index (χ3n) is 4.43. The molecule has 1 heteroatoms. The van der Waals surface area contributed by atoms with Gasteiger partial charge in [-0.15, -0.1) is 0 Å². The standard InChI is InChI=1S/C13H26O/c1-5-7-13(12(4)14)8-6-10(2)11(3)9-13/h10-12,14H,5-9H2,1-4H3. The van der Waals surface area contributed by atoms with Crippen LogP contribution in [-0.4, -0.2) is 11.2 Å². The van der Waals surface area contributed by atoms with Crippen LogP contribution in [0.5, 0.6) is 0 Å². The van der Waals surface area contributed by atoms with Gasteiger partial charge in [0.05, 0.1) is 6.10 Å². The normalized spacial score (nSPS) is 40.9. The summed E-state index contributed by atoms with van der Waals surface area (Å²) < 4.78 is 0. The smallest absolute Gasteiger partial charge is 0.0568 e. The molecule has 4 atom stereocenters. The van der Waals surface area contributed by atoms with Crippen LogP contribution >= 0.6 is 0 Å². The maximum atomic E-state index is 9.96. The van der Waals surface area contributed by atoms with Crippen molar-refractivity contribution in [2.75, 3.05) is 0 Å². The van der Waals surface area contributed by atoms with Crippen LogP contribution in [0.3, 0.4) is 0 Å². The predicted molar refractivity (Wildman–Crippen MR) is 61.2 cm³/mol. The van der Waals surface area contributed by atoms with Crippen molar-refractivity contribution in [2.24, 2.45) is 17.3 Å². The van der Waals surface area contributed by atoms with Crippen molar-refractivity contribution in [1.29, 1.82) is 0 Å². The first-order valence-corrected chi connectivity index (χ1v) is 6.20. The topological polar surface area (TPSA) is 20.2 Å². The molecule has 0 bridgehead atoms. The van der Waals surface area contributed by atoms with Gasteiger partial charge >= 0.3 is 0 Å². The Balaban J connectivity index is 2.69. The highest BCUT2D eigenvalue weighted by molar-refractivity contribution is 4.90. The van der Waals surface area contributed by atoms with Gasteiger partial charge in [0.2, 0.25) is 0 Å². The maximum Gasteiger partial charge on any atom is 0.0568 e. The van der Waals surface area contributed by atoms with Crippen LogP contribution in [-0.2, 0) is 0 Å². The average Bonchev–Trinajstić information content (AvgIpc) is 2.12. The van der Waals surface area contributed by atoms with Crippen molar-refractivity contribution >= 4 is 0 Å². The minimum atomic E-state index is -0.127. The minimum absolute atomic E-state index is 0.127. The molecule has 1 rings (SSSR count). The SMILES string of the molecule is CCCC1(C(C)O)CCC(C)C(C)C1. The summed E-state index contributed by atoms with van der Waals surface area (Å²) in [7, 11) is 0. The highest BCUT2D eigenvalue weighted by Crippen LogP contribution is 2.47. The molecule has 1 N–H and O–H groups in total. The van der Waals surface area contributed by atoms with E-state index in [0.717, 1.165) is 11.8 Å². The third kappa shape index (κ3) is 2.31. The Bertz CT molecular complexity index is 176. The first-order chi connectivity index (χ1) is 6.52. The van der Waals surface area contributed by atoms with E-state index in [1.807, 2.05) is 6.92 Å². The zero-order valence-electron chi connectivity index (χ0n) is 10.2. The zero-order valence-corrected chi connectivity index (χ0v) is 10.2. The summed E-state index contributed by atoms with van der Waals surface area (Å²) in [5, 5.41) is 9.96. The van der Waals surface area contributed by atoms with Crippen molar-refractivity contribution in [3.05, 3.63) is 0 Å². The summed E-state index contributed by atoms with van der Waals surface area (Å²) in [6, 6.07) is 0.